The van der Waals surface area contributed by atoms with Crippen molar-refractivity contribution in [2.24, 2.45) is 5.73 Å². The molecule has 0 aliphatic carbocycles. The minimum Gasteiger partial charge on any atom is -0.322 e. The van der Waals surface area contributed by atoms with Crippen LogP contribution >= 0.6 is 0 Å². The van der Waals surface area contributed by atoms with Crippen LogP contribution in [-0.4, -0.2) is 21.2 Å². The van der Waals surface area contributed by atoms with E-state index in [1.54, 1.807) is 0 Å². The molecular formula is C13H20N2O2S. The third-order valence-corrected chi connectivity index (χ3v) is 4.48. The van der Waals surface area contributed by atoms with E-state index in [4.69, 9.17) is 5.73 Å². The first kappa shape index (κ1) is 13.4. The van der Waals surface area contributed by atoms with Crippen LogP contribution in [0.25, 0.3) is 0 Å². The lowest BCUT2D eigenvalue weighted by Crippen LogP contribution is -2.37. The molecule has 100 valence electrons. The molecule has 0 saturated heterocycles. The minimum absolute atomic E-state index is 0.453. The van der Waals surface area contributed by atoms with E-state index in [-0.39, 0.29) is 0 Å². The Hall–Kier alpha value is -1.07. The average molecular weight is 268 g/mol. The van der Waals surface area contributed by atoms with Gasteiger partial charge in [-0.3, -0.25) is 4.31 Å². The topological polar surface area (TPSA) is 63.4 Å². The van der Waals surface area contributed by atoms with E-state index in [2.05, 4.69) is 0 Å². The van der Waals surface area contributed by atoms with E-state index in [0.717, 1.165) is 29.7 Å². The van der Waals surface area contributed by atoms with E-state index >= 15 is 0 Å². The highest BCUT2D eigenvalue weighted by molar-refractivity contribution is 7.92. The number of hydrogen-bond acceptors (Lipinski definition) is 3. The molecule has 0 atom stereocenters. The second kappa shape index (κ2) is 4.24. The Kier molecular flexibility index (Phi) is 3.15. The molecule has 0 fully saturated rings. The van der Waals surface area contributed by atoms with Gasteiger partial charge in [0.1, 0.15) is 0 Å². The van der Waals surface area contributed by atoms with Crippen molar-refractivity contribution >= 4 is 15.7 Å². The second-order valence-electron chi connectivity index (χ2n) is 5.46. The lowest BCUT2D eigenvalue weighted by molar-refractivity contribution is 0.543. The van der Waals surface area contributed by atoms with Gasteiger partial charge in [-0.15, -0.1) is 0 Å². The normalized spacial score (nSPS) is 16.6. The maximum Gasteiger partial charge on any atom is 0.232 e. The van der Waals surface area contributed by atoms with Crippen molar-refractivity contribution in [2.75, 3.05) is 17.1 Å². The Balaban J connectivity index is 2.62. The van der Waals surface area contributed by atoms with Crippen molar-refractivity contribution in [2.45, 2.75) is 32.2 Å². The Bertz CT molecular complexity index is 559. The highest BCUT2D eigenvalue weighted by Gasteiger charge is 2.28. The molecule has 0 unspecified atom stereocenters. The SMILES string of the molecule is CC(C)(N)c1cccc2c1CCCN2S(C)(=O)=O. The molecule has 1 heterocycles. The number of benzene rings is 1. The van der Waals surface area contributed by atoms with Crippen LogP contribution in [0, 0.1) is 0 Å². The fourth-order valence-corrected chi connectivity index (χ4v) is 3.53. The monoisotopic (exact) mass is 268 g/mol. The number of hydrogen-bond donors (Lipinski definition) is 1. The molecule has 1 aliphatic rings. The zero-order valence-electron chi connectivity index (χ0n) is 11.1. The minimum atomic E-state index is -3.21. The molecule has 2 N–H and O–H groups in total. The summed E-state index contributed by atoms with van der Waals surface area (Å²) < 4.78 is 25.1. The van der Waals surface area contributed by atoms with Crippen LogP contribution in [-0.2, 0) is 22.0 Å². The summed E-state index contributed by atoms with van der Waals surface area (Å²) in [5.74, 6) is 0. The first-order chi connectivity index (χ1) is 8.21. The molecule has 0 radical (unpaired) electrons. The van der Waals surface area contributed by atoms with E-state index in [0.29, 0.717) is 6.54 Å². The van der Waals surface area contributed by atoms with Gasteiger partial charge in [-0.2, -0.15) is 0 Å². The molecule has 0 saturated carbocycles. The first-order valence-corrected chi connectivity index (χ1v) is 7.95. The highest BCUT2D eigenvalue weighted by atomic mass is 32.2. The van der Waals surface area contributed by atoms with Crippen LogP contribution in [0.1, 0.15) is 31.4 Å². The average Bonchev–Trinajstić information content (AvgIpc) is 2.24. The number of nitrogens with two attached hydrogens (primary N) is 1. The van der Waals surface area contributed by atoms with Crippen molar-refractivity contribution in [3.05, 3.63) is 29.3 Å². The number of nitrogens with zero attached hydrogens (tertiary/aromatic N) is 1. The summed E-state index contributed by atoms with van der Waals surface area (Å²) >= 11 is 0. The number of rotatable bonds is 2. The molecule has 2 rings (SSSR count). The standard InChI is InChI=1S/C13H20N2O2S/c1-13(2,14)11-7-4-8-12-10(11)6-5-9-15(12)18(3,16)17/h4,7-8H,5-6,9,14H2,1-3H3. The quantitative estimate of drug-likeness (QED) is 0.886. The zero-order chi connectivity index (χ0) is 13.6. The third-order valence-electron chi connectivity index (χ3n) is 3.30. The largest absolute Gasteiger partial charge is 0.322 e. The van der Waals surface area contributed by atoms with Crippen molar-refractivity contribution in [3.8, 4) is 0 Å². The number of anilines is 1. The molecule has 1 aromatic rings. The van der Waals surface area contributed by atoms with Gasteiger partial charge in [0, 0.05) is 12.1 Å². The summed E-state index contributed by atoms with van der Waals surface area (Å²) in [5, 5.41) is 0. The maximum absolute atomic E-state index is 11.8. The predicted molar refractivity (Wildman–Crippen MR) is 74.2 cm³/mol. The summed E-state index contributed by atoms with van der Waals surface area (Å²) in [4.78, 5) is 0. The number of sulfonamides is 1. The first-order valence-electron chi connectivity index (χ1n) is 6.10. The van der Waals surface area contributed by atoms with Gasteiger partial charge in [0.25, 0.3) is 0 Å². The van der Waals surface area contributed by atoms with E-state index < -0.39 is 15.6 Å². The summed E-state index contributed by atoms with van der Waals surface area (Å²) in [5.41, 5.74) is 8.61. The fraction of sp³-hybridized carbons (Fsp3) is 0.538. The van der Waals surface area contributed by atoms with Crippen molar-refractivity contribution < 1.29 is 8.42 Å². The molecule has 1 aromatic carbocycles. The lowest BCUT2D eigenvalue weighted by atomic mass is 9.87. The number of fused-ring (bicyclic) bond motifs is 1. The Morgan fingerprint density at radius 2 is 2.00 bits per heavy atom. The van der Waals surface area contributed by atoms with Crippen LogP contribution in [0.2, 0.25) is 0 Å². The van der Waals surface area contributed by atoms with Gasteiger partial charge in [0.05, 0.1) is 11.9 Å². The Morgan fingerprint density at radius 3 is 2.56 bits per heavy atom. The molecule has 0 amide bonds. The van der Waals surface area contributed by atoms with Crippen molar-refractivity contribution in [1.82, 2.24) is 0 Å². The third kappa shape index (κ3) is 2.37. The summed E-state index contributed by atoms with van der Waals surface area (Å²) in [7, 11) is -3.21. The van der Waals surface area contributed by atoms with E-state index in [1.807, 2.05) is 32.0 Å². The molecule has 1 aliphatic heterocycles. The van der Waals surface area contributed by atoms with Gasteiger partial charge >= 0.3 is 0 Å². The smallest absolute Gasteiger partial charge is 0.232 e. The predicted octanol–water partition coefficient (Wildman–Crippen LogP) is 1.59. The molecule has 5 heteroatoms. The van der Waals surface area contributed by atoms with Crippen LogP contribution in [0.3, 0.4) is 0 Å². The van der Waals surface area contributed by atoms with Gasteiger partial charge in [-0.25, -0.2) is 8.42 Å². The second-order valence-corrected chi connectivity index (χ2v) is 7.37. The zero-order valence-corrected chi connectivity index (χ0v) is 11.9. The van der Waals surface area contributed by atoms with Gasteiger partial charge in [-0.1, -0.05) is 12.1 Å². The molecule has 4 nitrogen and oxygen atoms in total. The molecule has 0 bridgehead atoms. The van der Waals surface area contributed by atoms with Crippen LogP contribution in [0.5, 0.6) is 0 Å². The molecular weight excluding hydrogens is 248 g/mol. The lowest BCUT2D eigenvalue weighted by Gasteiger charge is -2.33. The highest BCUT2D eigenvalue weighted by Crippen LogP contribution is 2.35. The van der Waals surface area contributed by atoms with Crippen molar-refractivity contribution in [1.29, 1.82) is 0 Å². The molecule has 0 spiro atoms. The van der Waals surface area contributed by atoms with Crippen LogP contribution in [0.4, 0.5) is 5.69 Å². The molecule has 0 aromatic heterocycles. The van der Waals surface area contributed by atoms with E-state index in [1.165, 1.54) is 10.6 Å². The van der Waals surface area contributed by atoms with Crippen molar-refractivity contribution in [3.63, 3.8) is 0 Å². The van der Waals surface area contributed by atoms with Gasteiger partial charge in [-0.05, 0) is 43.9 Å². The summed E-state index contributed by atoms with van der Waals surface area (Å²) in [6.45, 7) is 4.45. The summed E-state index contributed by atoms with van der Waals surface area (Å²) in [6.07, 6.45) is 2.98. The Labute approximate surface area is 109 Å². The van der Waals surface area contributed by atoms with E-state index in [9.17, 15) is 8.42 Å². The van der Waals surface area contributed by atoms with Gasteiger partial charge < -0.3 is 5.73 Å². The fourth-order valence-electron chi connectivity index (χ4n) is 2.54. The van der Waals surface area contributed by atoms with Crippen LogP contribution < -0.4 is 10.0 Å². The maximum atomic E-state index is 11.8. The van der Waals surface area contributed by atoms with Gasteiger partial charge in [0.2, 0.25) is 10.0 Å². The summed E-state index contributed by atoms with van der Waals surface area (Å²) in [6, 6.07) is 5.74. The van der Waals surface area contributed by atoms with Crippen LogP contribution in [0.15, 0.2) is 18.2 Å². The van der Waals surface area contributed by atoms with Gasteiger partial charge in [0.15, 0.2) is 0 Å². The Morgan fingerprint density at radius 1 is 1.33 bits per heavy atom. The molecule has 18 heavy (non-hydrogen) atoms.